The lowest BCUT2D eigenvalue weighted by Gasteiger charge is -2.41. The van der Waals surface area contributed by atoms with Crippen LogP contribution in [-0.2, 0) is 14.3 Å². The molecule has 1 spiro atoms. The number of rotatable bonds is 5. The monoisotopic (exact) mass is 415 g/mol. The van der Waals surface area contributed by atoms with E-state index in [4.69, 9.17) is 9.47 Å². The van der Waals surface area contributed by atoms with E-state index in [1.807, 2.05) is 11.8 Å². The normalized spacial score (nSPS) is 31.6. The van der Waals surface area contributed by atoms with Gasteiger partial charge in [-0.2, -0.15) is 0 Å². The Morgan fingerprint density at radius 1 is 1.27 bits per heavy atom. The highest BCUT2D eigenvalue weighted by Crippen LogP contribution is 2.36. The van der Waals surface area contributed by atoms with Crippen LogP contribution in [-0.4, -0.2) is 67.4 Å². The molecule has 1 saturated carbocycles. The van der Waals surface area contributed by atoms with E-state index in [0.717, 1.165) is 25.7 Å². The van der Waals surface area contributed by atoms with Gasteiger partial charge in [0.05, 0.1) is 30.9 Å². The first-order chi connectivity index (χ1) is 14.6. The largest absolute Gasteiger partial charge is 0.376 e. The zero-order chi connectivity index (χ0) is 21.0. The summed E-state index contributed by atoms with van der Waals surface area (Å²) in [4.78, 5) is 26.5. The van der Waals surface area contributed by atoms with Gasteiger partial charge in [0.1, 0.15) is 6.61 Å². The molecule has 0 aromatic heterocycles. The first-order valence-electron chi connectivity index (χ1n) is 11.2. The summed E-state index contributed by atoms with van der Waals surface area (Å²) in [5.74, 6) is 0.481. The maximum absolute atomic E-state index is 12.6. The van der Waals surface area contributed by atoms with E-state index in [1.165, 1.54) is 5.56 Å². The highest BCUT2D eigenvalue weighted by Gasteiger charge is 2.52. The van der Waals surface area contributed by atoms with Gasteiger partial charge in [0, 0.05) is 13.1 Å². The second kappa shape index (κ2) is 9.35. The maximum Gasteiger partial charge on any atom is 0.317 e. The van der Waals surface area contributed by atoms with Gasteiger partial charge in [0.15, 0.2) is 0 Å². The number of urea groups is 1. The average Bonchev–Trinajstić information content (AvgIpc) is 3.10. The smallest absolute Gasteiger partial charge is 0.317 e. The molecule has 0 bridgehead atoms. The molecule has 3 aliphatic rings. The molecule has 2 N–H and O–H groups in total. The summed E-state index contributed by atoms with van der Waals surface area (Å²) in [6.07, 6.45) is 5.14. The van der Waals surface area contributed by atoms with Crippen molar-refractivity contribution in [1.29, 1.82) is 0 Å². The van der Waals surface area contributed by atoms with Crippen LogP contribution in [0.15, 0.2) is 30.3 Å². The van der Waals surface area contributed by atoms with Gasteiger partial charge in [-0.05, 0) is 50.5 Å². The van der Waals surface area contributed by atoms with Gasteiger partial charge in [0.2, 0.25) is 5.91 Å². The zero-order valence-corrected chi connectivity index (χ0v) is 17.8. The number of amides is 3. The van der Waals surface area contributed by atoms with E-state index in [1.54, 1.807) is 0 Å². The number of ether oxygens (including phenoxy) is 2. The van der Waals surface area contributed by atoms with E-state index in [-0.39, 0.29) is 30.7 Å². The minimum absolute atomic E-state index is 0.0833. The van der Waals surface area contributed by atoms with Crippen molar-refractivity contribution >= 4 is 11.9 Å². The van der Waals surface area contributed by atoms with Gasteiger partial charge in [-0.3, -0.25) is 4.79 Å². The highest BCUT2D eigenvalue weighted by atomic mass is 16.5. The van der Waals surface area contributed by atoms with Crippen molar-refractivity contribution in [3.8, 4) is 0 Å². The second-order valence-corrected chi connectivity index (χ2v) is 8.71. The van der Waals surface area contributed by atoms with Crippen LogP contribution in [0.4, 0.5) is 4.79 Å². The Balaban J connectivity index is 1.38. The third kappa shape index (κ3) is 4.47. The minimum atomic E-state index is -0.554. The molecule has 0 unspecified atom stereocenters. The molecule has 1 aromatic rings. The van der Waals surface area contributed by atoms with Gasteiger partial charge >= 0.3 is 6.03 Å². The SMILES string of the molecule is CCNC(=O)N1CC[C@]2(COCC(=O)N2)[C@H]1CO[C@H]1CC[C@@H](c2ccccc2)CC1. The van der Waals surface area contributed by atoms with Crippen molar-refractivity contribution in [3.05, 3.63) is 35.9 Å². The van der Waals surface area contributed by atoms with E-state index in [9.17, 15) is 9.59 Å². The molecule has 1 aromatic carbocycles. The van der Waals surface area contributed by atoms with Crippen LogP contribution in [0.1, 0.15) is 50.5 Å². The van der Waals surface area contributed by atoms with Gasteiger partial charge in [-0.1, -0.05) is 30.3 Å². The summed E-state index contributed by atoms with van der Waals surface area (Å²) in [5.41, 5.74) is 0.858. The van der Waals surface area contributed by atoms with Crippen LogP contribution in [0.2, 0.25) is 0 Å². The maximum atomic E-state index is 12.6. The first-order valence-corrected chi connectivity index (χ1v) is 11.2. The number of carbonyl (C=O) groups is 2. The fraction of sp³-hybridized carbons (Fsp3) is 0.652. The molecule has 4 rings (SSSR count). The number of nitrogens with zero attached hydrogens (tertiary/aromatic N) is 1. The van der Waals surface area contributed by atoms with Gasteiger partial charge < -0.3 is 25.0 Å². The molecule has 2 atom stereocenters. The Bertz CT molecular complexity index is 735. The lowest BCUT2D eigenvalue weighted by molar-refractivity contribution is -0.137. The Hall–Kier alpha value is -2.12. The number of hydrogen-bond donors (Lipinski definition) is 2. The van der Waals surface area contributed by atoms with Crippen molar-refractivity contribution in [3.63, 3.8) is 0 Å². The van der Waals surface area contributed by atoms with E-state index < -0.39 is 5.54 Å². The van der Waals surface area contributed by atoms with Gasteiger partial charge in [-0.15, -0.1) is 0 Å². The molecule has 2 heterocycles. The summed E-state index contributed by atoms with van der Waals surface area (Å²) in [6, 6.07) is 10.4. The highest BCUT2D eigenvalue weighted by molar-refractivity contribution is 5.80. The van der Waals surface area contributed by atoms with Crippen LogP contribution in [0.25, 0.3) is 0 Å². The topological polar surface area (TPSA) is 79.9 Å². The predicted molar refractivity (Wildman–Crippen MR) is 113 cm³/mol. The number of likely N-dealkylation sites (tertiary alicyclic amines) is 1. The van der Waals surface area contributed by atoms with Crippen molar-refractivity contribution in [1.82, 2.24) is 15.5 Å². The van der Waals surface area contributed by atoms with Crippen LogP contribution in [0, 0.1) is 0 Å². The molecule has 7 heteroatoms. The van der Waals surface area contributed by atoms with E-state index >= 15 is 0 Å². The number of nitrogens with one attached hydrogen (secondary N) is 2. The van der Waals surface area contributed by atoms with Crippen LogP contribution in [0.5, 0.6) is 0 Å². The molecular formula is C23H33N3O4. The molecule has 2 aliphatic heterocycles. The molecule has 164 valence electrons. The quantitative estimate of drug-likeness (QED) is 0.774. The van der Waals surface area contributed by atoms with E-state index in [2.05, 4.69) is 41.0 Å². The van der Waals surface area contributed by atoms with Crippen molar-refractivity contribution < 1.29 is 19.1 Å². The predicted octanol–water partition coefficient (Wildman–Crippen LogP) is 2.42. The molecule has 3 amide bonds. The summed E-state index contributed by atoms with van der Waals surface area (Å²) in [7, 11) is 0. The number of carbonyl (C=O) groups excluding carboxylic acids is 2. The minimum Gasteiger partial charge on any atom is -0.376 e. The van der Waals surface area contributed by atoms with Gasteiger partial charge in [-0.25, -0.2) is 4.79 Å². The first kappa shape index (κ1) is 21.1. The zero-order valence-electron chi connectivity index (χ0n) is 17.8. The second-order valence-electron chi connectivity index (χ2n) is 8.71. The Kier molecular flexibility index (Phi) is 6.58. The molecule has 0 radical (unpaired) electrons. The van der Waals surface area contributed by atoms with Crippen LogP contribution in [0.3, 0.4) is 0 Å². The van der Waals surface area contributed by atoms with Crippen molar-refractivity contribution in [2.75, 3.05) is 32.9 Å². The van der Waals surface area contributed by atoms with Crippen LogP contribution < -0.4 is 10.6 Å². The molecule has 30 heavy (non-hydrogen) atoms. The Morgan fingerprint density at radius 3 is 2.73 bits per heavy atom. The third-order valence-corrected chi connectivity index (χ3v) is 6.82. The molecular weight excluding hydrogens is 382 g/mol. The summed E-state index contributed by atoms with van der Waals surface area (Å²) in [6.45, 7) is 3.99. The third-order valence-electron chi connectivity index (χ3n) is 6.82. The average molecular weight is 416 g/mol. The van der Waals surface area contributed by atoms with E-state index in [0.29, 0.717) is 38.6 Å². The molecule has 7 nitrogen and oxygen atoms in total. The van der Waals surface area contributed by atoms with Crippen molar-refractivity contribution in [2.45, 2.75) is 62.6 Å². The summed E-state index contributed by atoms with van der Waals surface area (Å²) >= 11 is 0. The van der Waals surface area contributed by atoms with Crippen LogP contribution >= 0.6 is 0 Å². The number of morpholine rings is 1. The fourth-order valence-electron chi connectivity index (χ4n) is 5.19. The summed E-state index contributed by atoms with van der Waals surface area (Å²) < 4.78 is 11.9. The number of hydrogen-bond acceptors (Lipinski definition) is 4. The van der Waals surface area contributed by atoms with Crippen molar-refractivity contribution in [2.24, 2.45) is 0 Å². The molecule has 3 fully saturated rings. The Labute approximate surface area is 178 Å². The summed E-state index contributed by atoms with van der Waals surface area (Å²) in [5, 5.41) is 6.01. The molecule has 2 saturated heterocycles. The fourth-order valence-corrected chi connectivity index (χ4v) is 5.19. The standard InChI is InChI=1S/C23H33N3O4/c1-2-24-22(28)26-13-12-23(16-29-15-21(27)25-23)20(26)14-30-19-10-8-18(9-11-19)17-6-4-3-5-7-17/h3-7,18-20H,2,8-16H2,1H3,(H,24,28)(H,25,27)/t18-,19+,20-,23+/m1/s1. The van der Waals surface area contributed by atoms with Gasteiger partial charge in [0.25, 0.3) is 0 Å². The Morgan fingerprint density at radius 2 is 2.03 bits per heavy atom. The number of benzene rings is 1. The lowest BCUT2D eigenvalue weighted by atomic mass is 9.82. The lowest BCUT2D eigenvalue weighted by Crippen LogP contribution is -2.65. The molecule has 1 aliphatic carbocycles.